The number of aromatic nitrogens is 1. The summed E-state index contributed by atoms with van der Waals surface area (Å²) in [5.74, 6) is 0.349. The lowest BCUT2D eigenvalue weighted by molar-refractivity contribution is 0.0853. The van der Waals surface area contributed by atoms with Crippen LogP contribution in [-0.4, -0.2) is 23.0 Å². The number of aromatic amines is 1. The summed E-state index contributed by atoms with van der Waals surface area (Å²) >= 11 is 0. The molecule has 19 heavy (non-hydrogen) atoms. The summed E-state index contributed by atoms with van der Waals surface area (Å²) in [6.45, 7) is 2.62. The van der Waals surface area contributed by atoms with E-state index in [9.17, 15) is 9.59 Å². The van der Waals surface area contributed by atoms with E-state index in [1.807, 2.05) is 0 Å². The van der Waals surface area contributed by atoms with Crippen LogP contribution in [-0.2, 0) is 0 Å². The van der Waals surface area contributed by atoms with Crippen molar-refractivity contribution in [3.63, 3.8) is 0 Å². The molecule has 2 unspecified atom stereocenters. The molecular formula is C14H21N3O2. The molecular weight excluding hydrogens is 242 g/mol. The zero-order chi connectivity index (χ0) is 13.9. The highest BCUT2D eigenvalue weighted by atomic mass is 16.2. The van der Waals surface area contributed by atoms with Crippen LogP contribution in [0.25, 0.3) is 0 Å². The van der Waals surface area contributed by atoms with Crippen molar-refractivity contribution >= 4 is 5.91 Å². The fraction of sp³-hybridized carbons (Fsp3) is 0.571. The van der Waals surface area contributed by atoms with Crippen LogP contribution in [0.2, 0.25) is 0 Å². The molecule has 1 aliphatic carbocycles. The number of carbonyl (C=O) groups excluding carboxylic acids is 1. The van der Waals surface area contributed by atoms with Crippen molar-refractivity contribution < 1.29 is 4.79 Å². The van der Waals surface area contributed by atoms with Gasteiger partial charge in [0.1, 0.15) is 0 Å². The van der Waals surface area contributed by atoms with Gasteiger partial charge in [0.05, 0.1) is 5.54 Å². The third-order valence-electron chi connectivity index (χ3n) is 3.90. The highest BCUT2D eigenvalue weighted by molar-refractivity contribution is 5.94. The first-order chi connectivity index (χ1) is 9.04. The van der Waals surface area contributed by atoms with Crippen LogP contribution >= 0.6 is 0 Å². The van der Waals surface area contributed by atoms with Gasteiger partial charge in [0.2, 0.25) is 5.56 Å². The first kappa shape index (κ1) is 13.8. The van der Waals surface area contributed by atoms with E-state index in [4.69, 9.17) is 5.73 Å². The van der Waals surface area contributed by atoms with Gasteiger partial charge in [-0.05, 0) is 24.8 Å². The number of nitrogens with two attached hydrogens (primary N) is 1. The quantitative estimate of drug-likeness (QED) is 0.760. The summed E-state index contributed by atoms with van der Waals surface area (Å²) in [5.41, 5.74) is 5.66. The van der Waals surface area contributed by atoms with Crippen molar-refractivity contribution in [2.24, 2.45) is 11.7 Å². The van der Waals surface area contributed by atoms with Crippen LogP contribution < -0.4 is 16.6 Å². The second kappa shape index (κ2) is 5.57. The minimum absolute atomic E-state index is 0.217. The molecule has 1 aromatic rings. The van der Waals surface area contributed by atoms with Gasteiger partial charge in [-0.25, -0.2) is 0 Å². The molecule has 2 rings (SSSR count). The molecule has 1 saturated carbocycles. The summed E-state index contributed by atoms with van der Waals surface area (Å²) in [4.78, 5) is 25.9. The molecule has 1 heterocycles. The van der Waals surface area contributed by atoms with Gasteiger partial charge < -0.3 is 16.0 Å². The van der Waals surface area contributed by atoms with Crippen molar-refractivity contribution in [1.82, 2.24) is 10.3 Å². The number of pyridine rings is 1. The number of hydrogen-bond acceptors (Lipinski definition) is 3. The summed E-state index contributed by atoms with van der Waals surface area (Å²) in [6.07, 6.45) is 5.55. The molecule has 5 nitrogen and oxygen atoms in total. The second-order valence-electron chi connectivity index (χ2n) is 5.58. The average Bonchev–Trinajstić information content (AvgIpc) is 2.38. The molecule has 1 amide bonds. The van der Waals surface area contributed by atoms with Crippen molar-refractivity contribution in [3.8, 4) is 0 Å². The smallest absolute Gasteiger partial charge is 0.252 e. The van der Waals surface area contributed by atoms with Crippen LogP contribution in [0.5, 0.6) is 0 Å². The van der Waals surface area contributed by atoms with Gasteiger partial charge in [0.15, 0.2) is 0 Å². The molecule has 4 N–H and O–H groups in total. The summed E-state index contributed by atoms with van der Waals surface area (Å²) in [5, 5.41) is 3.04. The van der Waals surface area contributed by atoms with Gasteiger partial charge in [-0.1, -0.05) is 19.8 Å². The number of nitrogens with one attached hydrogen (secondary N) is 2. The normalized spacial score (nSPS) is 26.9. The first-order valence-electron chi connectivity index (χ1n) is 6.76. The van der Waals surface area contributed by atoms with Crippen molar-refractivity contribution in [2.45, 2.75) is 38.1 Å². The Morgan fingerprint density at radius 2 is 2.42 bits per heavy atom. The van der Waals surface area contributed by atoms with Gasteiger partial charge >= 0.3 is 0 Å². The van der Waals surface area contributed by atoms with Crippen LogP contribution in [0.4, 0.5) is 0 Å². The zero-order valence-corrected chi connectivity index (χ0v) is 11.2. The van der Waals surface area contributed by atoms with Crippen LogP contribution in [0, 0.1) is 5.92 Å². The largest absolute Gasteiger partial charge is 0.345 e. The maximum absolute atomic E-state index is 12.2. The SMILES string of the molecule is CC1CCCC(CN)(NC(=O)c2cc[nH]c(=O)c2)C1. The predicted octanol–water partition coefficient (Wildman–Crippen LogP) is 1.01. The Morgan fingerprint density at radius 3 is 3.05 bits per heavy atom. The summed E-state index contributed by atoms with van der Waals surface area (Å²) < 4.78 is 0. The average molecular weight is 263 g/mol. The molecule has 0 spiro atoms. The Labute approximate surface area is 112 Å². The Morgan fingerprint density at radius 1 is 1.63 bits per heavy atom. The molecule has 0 radical (unpaired) electrons. The Balaban J connectivity index is 2.14. The third-order valence-corrected chi connectivity index (χ3v) is 3.90. The van der Waals surface area contributed by atoms with E-state index in [-0.39, 0.29) is 17.0 Å². The number of rotatable bonds is 3. The van der Waals surface area contributed by atoms with Gasteiger partial charge in [-0.2, -0.15) is 0 Å². The Hall–Kier alpha value is -1.62. The van der Waals surface area contributed by atoms with Crippen LogP contribution in [0.1, 0.15) is 43.0 Å². The van der Waals surface area contributed by atoms with E-state index in [2.05, 4.69) is 17.2 Å². The number of carbonyl (C=O) groups is 1. The van der Waals surface area contributed by atoms with E-state index >= 15 is 0 Å². The molecule has 1 aromatic heterocycles. The van der Waals surface area contributed by atoms with E-state index < -0.39 is 0 Å². The summed E-state index contributed by atoms with van der Waals surface area (Å²) in [7, 11) is 0. The van der Waals surface area contributed by atoms with Gasteiger partial charge in [0, 0.05) is 24.4 Å². The molecule has 0 aliphatic heterocycles. The molecule has 0 saturated heterocycles. The Bertz CT molecular complexity index is 511. The lowest BCUT2D eigenvalue weighted by atomic mass is 9.76. The zero-order valence-electron chi connectivity index (χ0n) is 11.2. The van der Waals surface area contributed by atoms with Crippen LogP contribution in [0.3, 0.4) is 0 Å². The number of H-pyrrole nitrogens is 1. The molecule has 1 aliphatic rings. The summed E-state index contributed by atoms with van der Waals surface area (Å²) in [6, 6.07) is 2.92. The predicted molar refractivity (Wildman–Crippen MR) is 73.9 cm³/mol. The fourth-order valence-electron chi connectivity index (χ4n) is 2.91. The van der Waals surface area contributed by atoms with Crippen molar-refractivity contribution in [2.75, 3.05) is 6.54 Å². The van der Waals surface area contributed by atoms with E-state index in [1.54, 1.807) is 6.07 Å². The van der Waals surface area contributed by atoms with Gasteiger partial charge in [0.25, 0.3) is 5.91 Å². The van der Waals surface area contributed by atoms with Gasteiger partial charge in [-0.15, -0.1) is 0 Å². The molecule has 0 aromatic carbocycles. The Kier molecular flexibility index (Phi) is 4.04. The standard InChI is InChI=1S/C14H21N3O2/c1-10-3-2-5-14(8-10,9-15)17-13(19)11-4-6-16-12(18)7-11/h4,6-7,10H,2-3,5,8-9,15H2,1H3,(H,16,18)(H,17,19). The monoisotopic (exact) mass is 263 g/mol. The maximum atomic E-state index is 12.2. The van der Waals surface area contributed by atoms with Gasteiger partial charge in [-0.3, -0.25) is 9.59 Å². The number of hydrogen-bond donors (Lipinski definition) is 3. The first-order valence-corrected chi connectivity index (χ1v) is 6.76. The van der Waals surface area contributed by atoms with Crippen molar-refractivity contribution in [1.29, 1.82) is 0 Å². The van der Waals surface area contributed by atoms with Crippen LogP contribution in [0.15, 0.2) is 23.1 Å². The molecule has 1 fully saturated rings. The molecule has 0 bridgehead atoms. The molecule has 104 valence electrons. The maximum Gasteiger partial charge on any atom is 0.252 e. The minimum atomic E-state index is -0.322. The second-order valence-corrected chi connectivity index (χ2v) is 5.58. The lowest BCUT2D eigenvalue weighted by Crippen LogP contribution is -2.56. The van der Waals surface area contributed by atoms with E-state index in [0.29, 0.717) is 18.0 Å². The lowest BCUT2D eigenvalue weighted by Gasteiger charge is -2.40. The fourth-order valence-corrected chi connectivity index (χ4v) is 2.91. The van der Waals surface area contributed by atoms with E-state index in [1.165, 1.54) is 18.7 Å². The topological polar surface area (TPSA) is 88.0 Å². The molecule has 2 atom stereocenters. The number of amides is 1. The highest BCUT2D eigenvalue weighted by Crippen LogP contribution is 2.31. The highest BCUT2D eigenvalue weighted by Gasteiger charge is 2.35. The molecule has 5 heteroatoms. The third kappa shape index (κ3) is 3.23. The van der Waals surface area contributed by atoms with E-state index in [0.717, 1.165) is 19.3 Å². The van der Waals surface area contributed by atoms with Crippen molar-refractivity contribution in [3.05, 3.63) is 34.2 Å². The minimum Gasteiger partial charge on any atom is -0.345 e.